The molecule has 0 aliphatic rings. The Balaban J connectivity index is 1.69. The zero-order valence-electron chi connectivity index (χ0n) is 14.2. The molecule has 1 N–H and O–H groups in total. The van der Waals surface area contributed by atoms with Gasteiger partial charge >= 0.3 is 5.97 Å². The second-order valence-corrected chi connectivity index (χ2v) is 5.94. The molecule has 5 nitrogen and oxygen atoms in total. The number of benzene rings is 2. The first-order chi connectivity index (χ1) is 12.2. The predicted octanol–water partition coefficient (Wildman–Crippen LogP) is 5.15. The van der Waals surface area contributed by atoms with Gasteiger partial charge in [0.05, 0.1) is 12.2 Å². The molecule has 0 unspecified atom stereocenters. The summed E-state index contributed by atoms with van der Waals surface area (Å²) >= 11 is 0. The predicted molar refractivity (Wildman–Crippen MR) is 96.0 cm³/mol. The van der Waals surface area contributed by atoms with Crippen molar-refractivity contribution in [3.8, 4) is 17.2 Å². The van der Waals surface area contributed by atoms with Gasteiger partial charge in [0.15, 0.2) is 5.58 Å². The molecule has 3 rings (SSSR count). The van der Waals surface area contributed by atoms with E-state index in [4.69, 9.17) is 14.3 Å². The van der Waals surface area contributed by atoms with Crippen LogP contribution in [-0.4, -0.2) is 22.7 Å². The second-order valence-electron chi connectivity index (χ2n) is 5.94. The molecule has 3 aromatic rings. The van der Waals surface area contributed by atoms with E-state index in [0.717, 1.165) is 24.3 Å². The summed E-state index contributed by atoms with van der Waals surface area (Å²) in [5, 5.41) is 9.04. The average molecular weight is 339 g/mol. The first-order valence-electron chi connectivity index (χ1n) is 8.54. The maximum Gasteiger partial charge on any atom is 0.335 e. The normalized spacial score (nSPS) is 10.9. The number of carboxylic acids is 1. The third-order valence-corrected chi connectivity index (χ3v) is 4.00. The summed E-state index contributed by atoms with van der Waals surface area (Å²) in [6.07, 6.45) is 4.71. The summed E-state index contributed by atoms with van der Waals surface area (Å²) < 4.78 is 11.4. The van der Waals surface area contributed by atoms with Crippen molar-refractivity contribution < 1.29 is 19.1 Å². The number of oxazole rings is 1. The van der Waals surface area contributed by atoms with Crippen LogP contribution in [0.4, 0.5) is 0 Å². The van der Waals surface area contributed by atoms with E-state index in [2.05, 4.69) is 11.9 Å². The molecule has 0 aliphatic heterocycles. The number of aromatic nitrogens is 1. The largest absolute Gasteiger partial charge is 0.494 e. The highest BCUT2D eigenvalue weighted by molar-refractivity contribution is 5.92. The maximum absolute atomic E-state index is 11.0. The summed E-state index contributed by atoms with van der Waals surface area (Å²) in [4.78, 5) is 15.4. The number of fused-ring (bicyclic) bond motifs is 1. The molecule has 5 heteroatoms. The lowest BCUT2D eigenvalue weighted by Gasteiger charge is -2.06. The van der Waals surface area contributed by atoms with E-state index in [1.54, 1.807) is 6.07 Å². The Morgan fingerprint density at radius 2 is 1.92 bits per heavy atom. The summed E-state index contributed by atoms with van der Waals surface area (Å²) in [6.45, 7) is 2.91. The van der Waals surface area contributed by atoms with Gasteiger partial charge in [-0.3, -0.25) is 0 Å². The molecule has 0 aliphatic carbocycles. The van der Waals surface area contributed by atoms with Crippen molar-refractivity contribution in [1.82, 2.24) is 4.98 Å². The van der Waals surface area contributed by atoms with Crippen molar-refractivity contribution >= 4 is 17.1 Å². The summed E-state index contributed by atoms with van der Waals surface area (Å²) in [5.74, 6) is 0.309. The highest BCUT2D eigenvalue weighted by Crippen LogP contribution is 2.26. The lowest BCUT2D eigenvalue weighted by molar-refractivity contribution is 0.0697. The van der Waals surface area contributed by atoms with Gasteiger partial charge in [-0.1, -0.05) is 26.2 Å². The van der Waals surface area contributed by atoms with E-state index in [1.807, 2.05) is 24.3 Å². The number of carbonyl (C=O) groups is 1. The maximum atomic E-state index is 11.0. The molecule has 2 aromatic carbocycles. The molecule has 0 bridgehead atoms. The van der Waals surface area contributed by atoms with Gasteiger partial charge in [-0.05, 0) is 48.9 Å². The number of ether oxygens (including phenoxy) is 1. The smallest absolute Gasteiger partial charge is 0.335 e. The molecule has 0 radical (unpaired) electrons. The molecule has 0 spiro atoms. The van der Waals surface area contributed by atoms with Gasteiger partial charge in [0.25, 0.3) is 0 Å². The molecule has 1 heterocycles. The van der Waals surface area contributed by atoms with Crippen molar-refractivity contribution in [1.29, 1.82) is 0 Å². The van der Waals surface area contributed by atoms with Crippen LogP contribution in [0.1, 0.15) is 43.0 Å². The molecular weight excluding hydrogens is 318 g/mol. The van der Waals surface area contributed by atoms with Gasteiger partial charge in [0, 0.05) is 5.56 Å². The Hall–Kier alpha value is -2.82. The molecule has 0 atom stereocenters. The van der Waals surface area contributed by atoms with Crippen LogP contribution in [0.15, 0.2) is 46.9 Å². The van der Waals surface area contributed by atoms with E-state index < -0.39 is 5.97 Å². The number of unbranched alkanes of at least 4 members (excludes halogenated alkanes) is 3. The fraction of sp³-hybridized carbons (Fsp3) is 0.300. The Morgan fingerprint density at radius 3 is 2.64 bits per heavy atom. The number of hydrogen-bond donors (Lipinski definition) is 1. The van der Waals surface area contributed by atoms with Gasteiger partial charge in [-0.2, -0.15) is 0 Å². The van der Waals surface area contributed by atoms with E-state index in [-0.39, 0.29) is 5.56 Å². The third-order valence-electron chi connectivity index (χ3n) is 4.00. The van der Waals surface area contributed by atoms with Gasteiger partial charge in [0.1, 0.15) is 11.3 Å². The van der Waals surface area contributed by atoms with Crippen LogP contribution in [0.25, 0.3) is 22.6 Å². The van der Waals surface area contributed by atoms with Gasteiger partial charge in [-0.25, -0.2) is 9.78 Å². The highest BCUT2D eigenvalue weighted by atomic mass is 16.5. The minimum Gasteiger partial charge on any atom is -0.494 e. The Bertz CT molecular complexity index is 852. The van der Waals surface area contributed by atoms with Crippen molar-refractivity contribution in [2.75, 3.05) is 6.61 Å². The van der Waals surface area contributed by atoms with Crippen LogP contribution in [0.2, 0.25) is 0 Å². The third kappa shape index (κ3) is 4.18. The van der Waals surface area contributed by atoms with Crippen molar-refractivity contribution in [3.05, 3.63) is 48.0 Å². The van der Waals surface area contributed by atoms with Crippen LogP contribution in [0, 0.1) is 0 Å². The first kappa shape index (κ1) is 17.0. The minimum absolute atomic E-state index is 0.194. The van der Waals surface area contributed by atoms with Gasteiger partial charge in [-0.15, -0.1) is 0 Å². The summed E-state index contributed by atoms with van der Waals surface area (Å²) in [5.41, 5.74) is 2.12. The lowest BCUT2D eigenvalue weighted by atomic mass is 10.2. The molecule has 0 amide bonds. The van der Waals surface area contributed by atoms with Crippen molar-refractivity contribution in [3.63, 3.8) is 0 Å². The monoisotopic (exact) mass is 339 g/mol. The molecule has 0 saturated heterocycles. The van der Waals surface area contributed by atoms with Crippen LogP contribution < -0.4 is 4.74 Å². The fourth-order valence-corrected chi connectivity index (χ4v) is 2.60. The molecule has 0 saturated carbocycles. The van der Waals surface area contributed by atoms with E-state index in [1.165, 1.54) is 31.4 Å². The van der Waals surface area contributed by atoms with Crippen LogP contribution in [0.5, 0.6) is 5.75 Å². The molecule has 130 valence electrons. The minimum atomic E-state index is -0.980. The Kier molecular flexibility index (Phi) is 5.33. The lowest BCUT2D eigenvalue weighted by Crippen LogP contribution is -1.96. The summed E-state index contributed by atoms with van der Waals surface area (Å²) in [6, 6.07) is 12.2. The number of aromatic carboxylic acids is 1. The quantitative estimate of drug-likeness (QED) is 0.574. The van der Waals surface area contributed by atoms with Gasteiger partial charge < -0.3 is 14.3 Å². The number of nitrogens with zero attached hydrogens (tertiary/aromatic N) is 1. The number of hydrogen-bond acceptors (Lipinski definition) is 4. The standard InChI is InChI=1S/C20H21NO4/c1-2-3-4-5-12-24-16-9-6-14(7-10-16)19-21-17-13-15(20(22)23)8-11-18(17)25-19/h6-11,13H,2-5,12H2,1H3,(H,22,23). The number of rotatable bonds is 8. The SMILES string of the molecule is CCCCCCOc1ccc(-c2nc3cc(C(=O)O)ccc3o2)cc1. The van der Waals surface area contributed by atoms with Crippen LogP contribution in [-0.2, 0) is 0 Å². The molecule has 1 aromatic heterocycles. The molecular formula is C20H21NO4. The highest BCUT2D eigenvalue weighted by Gasteiger charge is 2.11. The van der Waals surface area contributed by atoms with Crippen molar-refractivity contribution in [2.45, 2.75) is 32.6 Å². The zero-order valence-corrected chi connectivity index (χ0v) is 14.2. The Morgan fingerprint density at radius 1 is 1.12 bits per heavy atom. The summed E-state index contributed by atoms with van der Waals surface area (Å²) in [7, 11) is 0. The Labute approximate surface area is 146 Å². The zero-order chi connectivity index (χ0) is 17.6. The first-order valence-corrected chi connectivity index (χ1v) is 8.54. The van der Waals surface area contributed by atoms with Crippen molar-refractivity contribution in [2.24, 2.45) is 0 Å². The van der Waals surface area contributed by atoms with E-state index in [9.17, 15) is 4.79 Å². The van der Waals surface area contributed by atoms with E-state index in [0.29, 0.717) is 17.0 Å². The van der Waals surface area contributed by atoms with Crippen LogP contribution in [0.3, 0.4) is 0 Å². The second kappa shape index (κ2) is 7.83. The number of carboxylic acid groups (broad SMARTS) is 1. The molecule has 0 fully saturated rings. The molecule has 25 heavy (non-hydrogen) atoms. The fourth-order valence-electron chi connectivity index (χ4n) is 2.60. The van der Waals surface area contributed by atoms with Crippen LogP contribution >= 0.6 is 0 Å². The topological polar surface area (TPSA) is 72.6 Å². The van der Waals surface area contributed by atoms with E-state index >= 15 is 0 Å². The average Bonchev–Trinajstić information content (AvgIpc) is 3.05. The van der Waals surface area contributed by atoms with Gasteiger partial charge in [0.2, 0.25) is 5.89 Å².